The molecule has 0 spiro atoms. The van der Waals surface area contributed by atoms with Crippen molar-refractivity contribution in [2.45, 2.75) is 246 Å². The van der Waals surface area contributed by atoms with Gasteiger partial charge in [-0.2, -0.15) is 87.8 Å². The van der Waals surface area contributed by atoms with E-state index in [4.69, 9.17) is 0 Å². The predicted octanol–water partition coefficient (Wildman–Crippen LogP) is 14.3. The molecule has 0 radical (unpaired) electrons. The molecule has 0 aromatic carbocycles. The molecule has 5 aliphatic rings. The zero-order valence-corrected chi connectivity index (χ0v) is 41.4. The van der Waals surface area contributed by atoms with Crippen LogP contribution in [0.4, 0.5) is 87.8 Å². The molecule has 0 bridgehead atoms. The van der Waals surface area contributed by atoms with Crippen molar-refractivity contribution in [3.63, 3.8) is 0 Å². The van der Waals surface area contributed by atoms with E-state index in [1.54, 1.807) is 0 Å². The topological polar surface area (TPSA) is 112 Å². The van der Waals surface area contributed by atoms with E-state index < -0.39 is 168 Å². The fourth-order valence-corrected chi connectivity index (χ4v) is 10.9. The van der Waals surface area contributed by atoms with Crippen molar-refractivity contribution in [1.82, 2.24) is 0 Å². The SMILES string of the molecule is CCC(C)(C)C(=O)OC1(C(F)(F)F)OC(C2CCCCC2)(C(F)(F)F)C(F)(F)C(O)(C2CCCCC2)C1(F)F.CCC(C)(C)C(=O)OC1(C(F)(F)F)OC(CC)(C(F)(F)F)C(F)(F)C(O)(C2CCCCC2)C1(F)F. The Kier molecular flexibility index (Phi) is 17.2. The van der Waals surface area contributed by atoms with Crippen LogP contribution in [0.25, 0.3) is 0 Å². The van der Waals surface area contributed by atoms with Gasteiger partial charge in [0.25, 0.3) is 0 Å². The molecular formula is C46H62F20O8. The molecule has 6 unspecified atom stereocenters. The van der Waals surface area contributed by atoms with Crippen molar-refractivity contribution >= 4 is 11.9 Å². The maximum atomic E-state index is 16.4. The third kappa shape index (κ3) is 8.95. The van der Waals surface area contributed by atoms with Crippen molar-refractivity contribution < 1.29 is 127 Å². The van der Waals surface area contributed by atoms with Crippen LogP contribution in [0.1, 0.15) is 164 Å². The Morgan fingerprint density at radius 3 is 1.01 bits per heavy atom. The van der Waals surface area contributed by atoms with E-state index in [-0.39, 0.29) is 70.6 Å². The molecule has 5 fully saturated rings. The van der Waals surface area contributed by atoms with Gasteiger partial charge in [-0.05, 0) is 85.5 Å². The first-order valence-corrected chi connectivity index (χ1v) is 24.3. The van der Waals surface area contributed by atoms with Crippen LogP contribution in [0.5, 0.6) is 0 Å². The number of rotatable bonds is 10. The Morgan fingerprint density at radius 2 is 0.743 bits per heavy atom. The predicted molar refractivity (Wildman–Crippen MR) is 217 cm³/mol. The maximum absolute atomic E-state index is 16.4. The highest BCUT2D eigenvalue weighted by molar-refractivity contribution is 5.77. The molecule has 3 saturated carbocycles. The zero-order chi connectivity index (χ0) is 57.4. The monoisotopic (exact) mass is 1120 g/mol. The highest BCUT2D eigenvalue weighted by Crippen LogP contribution is 2.73. The van der Waals surface area contributed by atoms with Crippen LogP contribution in [0.15, 0.2) is 0 Å². The van der Waals surface area contributed by atoms with Gasteiger partial charge in [0, 0.05) is 17.8 Å². The van der Waals surface area contributed by atoms with Crippen molar-refractivity contribution in [2.75, 3.05) is 0 Å². The molecule has 2 saturated heterocycles. The molecule has 2 N–H and O–H groups in total. The van der Waals surface area contributed by atoms with Crippen molar-refractivity contribution in [2.24, 2.45) is 28.6 Å². The van der Waals surface area contributed by atoms with Gasteiger partial charge in [0.05, 0.1) is 10.8 Å². The minimum Gasteiger partial charge on any atom is -0.417 e. The lowest BCUT2D eigenvalue weighted by Crippen LogP contribution is -2.90. The molecule has 0 aromatic heterocycles. The lowest BCUT2D eigenvalue weighted by atomic mass is 9.58. The van der Waals surface area contributed by atoms with Crippen LogP contribution in [0.3, 0.4) is 0 Å². The number of carbonyl (C=O) groups is 2. The van der Waals surface area contributed by atoms with Crippen molar-refractivity contribution in [3.05, 3.63) is 0 Å². The van der Waals surface area contributed by atoms with Gasteiger partial charge >= 0.3 is 71.9 Å². The molecule has 6 atom stereocenters. The van der Waals surface area contributed by atoms with E-state index in [1.807, 2.05) is 0 Å². The summed E-state index contributed by atoms with van der Waals surface area (Å²) in [6.07, 6.45) is -32.8. The van der Waals surface area contributed by atoms with Crippen LogP contribution < -0.4 is 0 Å². The molecule has 5 rings (SSSR count). The summed E-state index contributed by atoms with van der Waals surface area (Å²) in [4.78, 5) is 25.3. The van der Waals surface area contributed by atoms with Crippen LogP contribution in [0, 0.1) is 28.6 Å². The summed E-state index contributed by atoms with van der Waals surface area (Å²) in [5, 5.41) is 22.2. The highest BCUT2D eigenvalue weighted by atomic mass is 19.4. The minimum atomic E-state index is -6.67. The summed E-state index contributed by atoms with van der Waals surface area (Å²) in [7, 11) is 0. The van der Waals surface area contributed by atoms with Gasteiger partial charge < -0.3 is 29.2 Å². The summed E-state index contributed by atoms with van der Waals surface area (Å²) in [6, 6.07) is 0. The number of hydrogen-bond donors (Lipinski definition) is 2. The summed E-state index contributed by atoms with van der Waals surface area (Å²) < 4.78 is 319. The molecule has 434 valence electrons. The second-order valence-corrected chi connectivity index (χ2v) is 21.4. The van der Waals surface area contributed by atoms with Gasteiger partial charge in [-0.25, -0.2) is 0 Å². The number of aliphatic hydroxyl groups is 2. The fraction of sp³-hybridized carbons (Fsp3) is 0.957. The maximum Gasteiger partial charge on any atom is 0.462 e. The van der Waals surface area contributed by atoms with Gasteiger partial charge in [-0.3, -0.25) is 9.59 Å². The van der Waals surface area contributed by atoms with E-state index in [0.717, 1.165) is 27.7 Å². The first-order chi connectivity index (χ1) is 33.2. The number of carbonyl (C=O) groups excluding carboxylic acids is 2. The average molecular weight is 1120 g/mol. The lowest BCUT2D eigenvalue weighted by Gasteiger charge is -2.64. The Morgan fingerprint density at radius 1 is 0.446 bits per heavy atom. The Balaban J connectivity index is 0.000000323. The normalized spacial score (nSPS) is 34.8. The third-order valence-corrected chi connectivity index (χ3v) is 16.4. The van der Waals surface area contributed by atoms with Crippen LogP contribution >= 0.6 is 0 Å². The van der Waals surface area contributed by atoms with Gasteiger partial charge in [0.2, 0.25) is 22.4 Å². The third-order valence-electron chi connectivity index (χ3n) is 16.4. The van der Waals surface area contributed by atoms with Gasteiger partial charge in [-0.1, -0.05) is 78.6 Å². The second-order valence-electron chi connectivity index (χ2n) is 21.4. The van der Waals surface area contributed by atoms with E-state index in [0.29, 0.717) is 6.92 Å². The summed E-state index contributed by atoms with van der Waals surface area (Å²) in [5.41, 5.74) is -24.9. The standard InChI is InChI=1S/C25H34F10O4.C21H28F10O4/c1-4-18(2,3)17(36)38-23(25(33,34)35)22(28,29)19(37,15-11-7-5-8-12-15)21(26,27)20(39-23,24(30,31)32)16-13-9-6-10-14-16;1-5-14(3,4)13(32)34-19(21(29,30)31)18(24,25)16(33,12-10-8-7-9-11-12)17(22,23)15(6-2,35-19)20(26,27)28/h15-16,37H,4-14H2,1-3H3;12,33H,5-11H2,1-4H3. The first kappa shape index (κ1) is 63.9. The molecule has 74 heavy (non-hydrogen) atoms. The van der Waals surface area contributed by atoms with Crippen molar-refractivity contribution in [3.8, 4) is 0 Å². The first-order valence-electron chi connectivity index (χ1n) is 24.3. The minimum absolute atomic E-state index is 0.0931. The molecule has 2 aliphatic heterocycles. The molecule has 0 amide bonds. The van der Waals surface area contributed by atoms with E-state index in [1.165, 1.54) is 13.8 Å². The Bertz CT molecular complexity index is 1990. The van der Waals surface area contributed by atoms with Crippen LogP contribution in [-0.2, 0) is 28.5 Å². The second kappa shape index (κ2) is 19.9. The van der Waals surface area contributed by atoms with Gasteiger partial charge in [0.15, 0.2) is 0 Å². The Labute approximate surface area is 413 Å². The van der Waals surface area contributed by atoms with E-state index >= 15 is 35.1 Å². The van der Waals surface area contributed by atoms with E-state index in [2.05, 4.69) is 18.9 Å². The molecule has 0 aromatic rings. The van der Waals surface area contributed by atoms with E-state index in [9.17, 15) is 72.5 Å². The van der Waals surface area contributed by atoms with Gasteiger partial charge in [-0.15, -0.1) is 0 Å². The molecular weight excluding hydrogens is 1060 g/mol. The zero-order valence-electron chi connectivity index (χ0n) is 41.4. The van der Waals surface area contributed by atoms with Crippen LogP contribution in [0.2, 0.25) is 0 Å². The molecule has 28 heteroatoms. The molecule has 3 aliphatic carbocycles. The molecule has 2 heterocycles. The summed E-state index contributed by atoms with van der Waals surface area (Å²) in [6.45, 7) is 6.76. The number of halogens is 20. The summed E-state index contributed by atoms with van der Waals surface area (Å²) >= 11 is 0. The number of hydrogen-bond acceptors (Lipinski definition) is 8. The largest absolute Gasteiger partial charge is 0.462 e. The molecule has 8 nitrogen and oxygen atoms in total. The fourth-order valence-electron chi connectivity index (χ4n) is 10.9. The average Bonchev–Trinajstić information content (AvgIpc) is 3.28. The summed E-state index contributed by atoms with van der Waals surface area (Å²) in [5.74, 6) is -47.5. The van der Waals surface area contributed by atoms with Gasteiger partial charge in [0.1, 0.15) is 0 Å². The quantitative estimate of drug-likeness (QED) is 0.164. The smallest absolute Gasteiger partial charge is 0.417 e. The van der Waals surface area contributed by atoms with Crippen molar-refractivity contribution in [1.29, 1.82) is 0 Å². The Hall–Kier alpha value is -2.62. The number of esters is 2. The highest BCUT2D eigenvalue weighted by Gasteiger charge is 3.00. The number of alkyl halides is 20. The lowest BCUT2D eigenvalue weighted by molar-refractivity contribution is -0.569. The number of ether oxygens (including phenoxy) is 4. The van der Waals surface area contributed by atoms with Crippen LogP contribution in [-0.4, -0.2) is 105 Å².